The third-order valence-electron chi connectivity index (χ3n) is 2.59. The first kappa shape index (κ1) is 12.1. The lowest BCUT2D eigenvalue weighted by Crippen LogP contribution is -2.03. The quantitative estimate of drug-likeness (QED) is 0.947. The van der Waals surface area contributed by atoms with Crippen LogP contribution in [0.4, 0.5) is 5.69 Å². The standard InChI is InChI=1S/C12H15BrN4/c1-8-4-10(13)5-9(2)12(8)14-6-11-7-17(3)16-15-11/h4-5,7,14H,6H2,1-3H3. The van der Waals surface area contributed by atoms with E-state index in [0.717, 1.165) is 10.2 Å². The zero-order valence-electron chi connectivity index (χ0n) is 10.2. The summed E-state index contributed by atoms with van der Waals surface area (Å²) in [5.41, 5.74) is 4.55. The van der Waals surface area contributed by atoms with Gasteiger partial charge in [0.05, 0.1) is 6.54 Å². The van der Waals surface area contributed by atoms with Crippen LogP contribution >= 0.6 is 15.9 Å². The van der Waals surface area contributed by atoms with E-state index in [1.54, 1.807) is 4.68 Å². The van der Waals surface area contributed by atoms with Crippen molar-refractivity contribution in [2.75, 3.05) is 5.32 Å². The van der Waals surface area contributed by atoms with Crippen LogP contribution in [0.5, 0.6) is 0 Å². The minimum Gasteiger partial charge on any atom is -0.379 e. The molecule has 0 aliphatic heterocycles. The molecule has 0 saturated heterocycles. The molecule has 0 aliphatic rings. The second-order valence-electron chi connectivity index (χ2n) is 4.15. The lowest BCUT2D eigenvalue weighted by atomic mass is 10.1. The van der Waals surface area contributed by atoms with Gasteiger partial charge in [0.2, 0.25) is 0 Å². The molecule has 0 aliphatic carbocycles. The molecule has 0 amide bonds. The summed E-state index contributed by atoms with van der Waals surface area (Å²) in [4.78, 5) is 0. The Bertz CT molecular complexity index is 510. The highest BCUT2D eigenvalue weighted by Crippen LogP contribution is 2.25. The van der Waals surface area contributed by atoms with Crippen molar-refractivity contribution in [2.45, 2.75) is 20.4 Å². The van der Waals surface area contributed by atoms with E-state index < -0.39 is 0 Å². The second kappa shape index (κ2) is 4.87. The fraction of sp³-hybridized carbons (Fsp3) is 0.333. The van der Waals surface area contributed by atoms with Crippen LogP contribution in [0.1, 0.15) is 16.8 Å². The number of halogens is 1. The van der Waals surface area contributed by atoms with Gasteiger partial charge >= 0.3 is 0 Å². The minimum absolute atomic E-state index is 0.692. The van der Waals surface area contributed by atoms with Crippen LogP contribution in [0.15, 0.2) is 22.8 Å². The number of nitrogens with zero attached hydrogens (tertiary/aromatic N) is 3. The third kappa shape index (κ3) is 2.85. The molecule has 1 aromatic carbocycles. The molecule has 2 rings (SSSR count). The van der Waals surface area contributed by atoms with E-state index in [1.165, 1.54) is 16.8 Å². The van der Waals surface area contributed by atoms with Crippen LogP contribution in [0.2, 0.25) is 0 Å². The lowest BCUT2D eigenvalue weighted by Gasteiger charge is -2.12. The molecule has 1 aromatic heterocycles. The summed E-state index contributed by atoms with van der Waals surface area (Å²) < 4.78 is 2.82. The largest absolute Gasteiger partial charge is 0.379 e. The van der Waals surface area contributed by atoms with E-state index in [-0.39, 0.29) is 0 Å². The highest BCUT2D eigenvalue weighted by atomic mass is 79.9. The van der Waals surface area contributed by atoms with E-state index in [0.29, 0.717) is 6.54 Å². The lowest BCUT2D eigenvalue weighted by molar-refractivity contribution is 0.713. The Morgan fingerprint density at radius 3 is 2.47 bits per heavy atom. The van der Waals surface area contributed by atoms with Crippen molar-refractivity contribution in [3.8, 4) is 0 Å². The summed E-state index contributed by atoms with van der Waals surface area (Å²) in [6.45, 7) is 4.88. The molecular weight excluding hydrogens is 280 g/mol. The molecule has 1 heterocycles. The molecule has 0 saturated carbocycles. The molecule has 0 atom stereocenters. The van der Waals surface area contributed by atoms with Gasteiger partial charge in [0.1, 0.15) is 5.69 Å². The fourth-order valence-corrected chi connectivity index (χ4v) is 2.53. The summed E-state index contributed by atoms with van der Waals surface area (Å²) in [7, 11) is 1.87. The summed E-state index contributed by atoms with van der Waals surface area (Å²) in [5.74, 6) is 0. The van der Waals surface area contributed by atoms with Crippen LogP contribution in [0, 0.1) is 13.8 Å². The van der Waals surface area contributed by atoms with Gasteiger partial charge in [-0.15, -0.1) is 5.10 Å². The Kier molecular flexibility index (Phi) is 3.47. The van der Waals surface area contributed by atoms with Crippen molar-refractivity contribution in [1.29, 1.82) is 0 Å². The van der Waals surface area contributed by atoms with Crippen molar-refractivity contribution in [1.82, 2.24) is 15.0 Å². The van der Waals surface area contributed by atoms with Gasteiger partial charge in [0.15, 0.2) is 0 Å². The predicted octanol–water partition coefficient (Wildman–Crippen LogP) is 2.81. The Morgan fingerprint density at radius 2 is 1.94 bits per heavy atom. The Hall–Kier alpha value is -1.36. The van der Waals surface area contributed by atoms with Crippen molar-refractivity contribution >= 4 is 21.6 Å². The number of rotatable bonds is 3. The number of benzene rings is 1. The Balaban J connectivity index is 2.14. The van der Waals surface area contributed by atoms with E-state index in [9.17, 15) is 0 Å². The first-order valence-electron chi connectivity index (χ1n) is 5.42. The van der Waals surface area contributed by atoms with Gasteiger partial charge in [-0.05, 0) is 37.1 Å². The van der Waals surface area contributed by atoms with E-state index in [4.69, 9.17) is 0 Å². The molecule has 1 N–H and O–H groups in total. The minimum atomic E-state index is 0.692. The molecule has 0 spiro atoms. The molecule has 17 heavy (non-hydrogen) atoms. The maximum Gasteiger partial charge on any atom is 0.102 e. The molecule has 0 unspecified atom stereocenters. The molecule has 5 heteroatoms. The van der Waals surface area contributed by atoms with Gasteiger partial charge in [-0.3, -0.25) is 4.68 Å². The van der Waals surface area contributed by atoms with Gasteiger partial charge in [-0.25, -0.2) is 0 Å². The molecule has 4 nitrogen and oxygen atoms in total. The van der Waals surface area contributed by atoms with Gasteiger partial charge in [-0.2, -0.15) is 0 Å². The van der Waals surface area contributed by atoms with Crippen LogP contribution in [0.25, 0.3) is 0 Å². The monoisotopic (exact) mass is 294 g/mol. The van der Waals surface area contributed by atoms with Crippen molar-refractivity contribution in [3.05, 3.63) is 39.6 Å². The smallest absolute Gasteiger partial charge is 0.102 e. The predicted molar refractivity (Wildman–Crippen MR) is 71.9 cm³/mol. The maximum atomic E-state index is 4.05. The van der Waals surface area contributed by atoms with E-state index in [1.807, 2.05) is 13.2 Å². The van der Waals surface area contributed by atoms with Gasteiger partial charge in [-0.1, -0.05) is 21.1 Å². The highest BCUT2D eigenvalue weighted by Gasteiger charge is 2.05. The summed E-state index contributed by atoms with van der Waals surface area (Å²) in [5, 5.41) is 11.4. The third-order valence-corrected chi connectivity index (χ3v) is 3.05. The van der Waals surface area contributed by atoms with Gasteiger partial charge < -0.3 is 5.32 Å². The first-order chi connectivity index (χ1) is 8.06. The molecule has 0 radical (unpaired) electrons. The maximum absolute atomic E-state index is 4.05. The van der Waals surface area contributed by atoms with Crippen LogP contribution in [-0.2, 0) is 13.6 Å². The summed E-state index contributed by atoms with van der Waals surface area (Å²) in [6, 6.07) is 4.21. The number of aryl methyl sites for hydroxylation is 3. The molecule has 90 valence electrons. The van der Waals surface area contributed by atoms with E-state index >= 15 is 0 Å². The van der Waals surface area contributed by atoms with Crippen LogP contribution in [-0.4, -0.2) is 15.0 Å². The Labute approximate surface area is 109 Å². The van der Waals surface area contributed by atoms with Crippen LogP contribution in [0.3, 0.4) is 0 Å². The molecule has 0 bridgehead atoms. The zero-order chi connectivity index (χ0) is 12.4. The van der Waals surface area contributed by atoms with Crippen LogP contribution < -0.4 is 5.32 Å². The number of nitrogens with one attached hydrogen (secondary N) is 1. The summed E-state index contributed by atoms with van der Waals surface area (Å²) in [6.07, 6.45) is 1.91. The molecule has 2 aromatic rings. The highest BCUT2D eigenvalue weighted by molar-refractivity contribution is 9.10. The topological polar surface area (TPSA) is 42.7 Å². The van der Waals surface area contributed by atoms with Crippen molar-refractivity contribution < 1.29 is 0 Å². The second-order valence-corrected chi connectivity index (χ2v) is 5.07. The first-order valence-corrected chi connectivity index (χ1v) is 6.21. The number of anilines is 1. The van der Waals surface area contributed by atoms with Crippen molar-refractivity contribution in [3.63, 3.8) is 0 Å². The molecular formula is C12H15BrN4. The molecule has 0 fully saturated rings. The van der Waals surface area contributed by atoms with E-state index in [2.05, 4.69) is 57.5 Å². The number of hydrogen-bond donors (Lipinski definition) is 1. The number of aromatic nitrogens is 3. The Morgan fingerprint density at radius 1 is 1.29 bits per heavy atom. The normalized spacial score (nSPS) is 10.6. The summed E-state index contributed by atoms with van der Waals surface area (Å²) >= 11 is 3.49. The average molecular weight is 295 g/mol. The number of hydrogen-bond acceptors (Lipinski definition) is 3. The fourth-order valence-electron chi connectivity index (χ4n) is 1.84. The zero-order valence-corrected chi connectivity index (χ0v) is 11.7. The van der Waals surface area contributed by atoms with Gasteiger partial charge in [0, 0.05) is 23.4 Å². The van der Waals surface area contributed by atoms with Crippen molar-refractivity contribution in [2.24, 2.45) is 7.05 Å². The van der Waals surface area contributed by atoms with Gasteiger partial charge in [0.25, 0.3) is 0 Å². The average Bonchev–Trinajstić information content (AvgIpc) is 2.62. The SMILES string of the molecule is Cc1cc(Br)cc(C)c1NCc1cn(C)nn1.